The van der Waals surface area contributed by atoms with Crippen molar-refractivity contribution in [3.05, 3.63) is 59.8 Å². The van der Waals surface area contributed by atoms with E-state index in [0.29, 0.717) is 18.9 Å². The average Bonchev–Trinajstić information content (AvgIpc) is 3.24. The molecule has 3 aromatic rings. The lowest BCUT2D eigenvalue weighted by atomic mass is 9.87. The van der Waals surface area contributed by atoms with Crippen LogP contribution >= 0.6 is 0 Å². The van der Waals surface area contributed by atoms with Gasteiger partial charge in [-0.2, -0.15) is 0 Å². The Labute approximate surface area is 184 Å². The SMILES string of the molecule is CCOc1ccc(C(CNC(=O)C2CCCCC2)c2c[nH]c3ccccc23)cc1OC. The number of fused-ring (bicyclic) bond motifs is 1. The van der Waals surface area contributed by atoms with Gasteiger partial charge in [0, 0.05) is 35.5 Å². The number of hydrogen-bond donors (Lipinski definition) is 2. The number of aromatic amines is 1. The van der Waals surface area contributed by atoms with Gasteiger partial charge in [-0.25, -0.2) is 0 Å². The minimum absolute atomic E-state index is 0.00765. The van der Waals surface area contributed by atoms with Gasteiger partial charge in [0.25, 0.3) is 0 Å². The van der Waals surface area contributed by atoms with Crippen molar-refractivity contribution in [3.63, 3.8) is 0 Å². The number of rotatable bonds is 8. The van der Waals surface area contributed by atoms with Crippen LogP contribution in [0.5, 0.6) is 11.5 Å². The summed E-state index contributed by atoms with van der Waals surface area (Å²) in [6.07, 6.45) is 7.61. The first-order valence-corrected chi connectivity index (χ1v) is 11.4. The molecule has 0 saturated heterocycles. The van der Waals surface area contributed by atoms with Crippen molar-refractivity contribution in [2.75, 3.05) is 20.3 Å². The van der Waals surface area contributed by atoms with Crippen molar-refractivity contribution >= 4 is 16.8 Å². The lowest BCUT2D eigenvalue weighted by Crippen LogP contribution is -2.35. The van der Waals surface area contributed by atoms with Crippen LogP contribution < -0.4 is 14.8 Å². The van der Waals surface area contributed by atoms with E-state index in [1.54, 1.807) is 7.11 Å². The predicted molar refractivity (Wildman–Crippen MR) is 124 cm³/mol. The Morgan fingerprint density at radius 3 is 2.71 bits per heavy atom. The molecule has 0 aliphatic heterocycles. The van der Waals surface area contributed by atoms with Gasteiger partial charge in [-0.3, -0.25) is 4.79 Å². The molecule has 1 fully saturated rings. The summed E-state index contributed by atoms with van der Waals surface area (Å²) in [5.41, 5.74) is 3.36. The predicted octanol–water partition coefficient (Wildman–Crippen LogP) is 5.40. The fraction of sp³-hybridized carbons (Fsp3) is 0.423. The maximum Gasteiger partial charge on any atom is 0.223 e. The van der Waals surface area contributed by atoms with Crippen LogP contribution in [0.3, 0.4) is 0 Å². The van der Waals surface area contributed by atoms with E-state index in [4.69, 9.17) is 9.47 Å². The minimum Gasteiger partial charge on any atom is -0.493 e. The zero-order valence-corrected chi connectivity index (χ0v) is 18.4. The molecule has 1 aliphatic carbocycles. The zero-order valence-electron chi connectivity index (χ0n) is 18.4. The van der Waals surface area contributed by atoms with E-state index >= 15 is 0 Å². The van der Waals surface area contributed by atoms with Crippen molar-refractivity contribution < 1.29 is 14.3 Å². The number of carbonyl (C=O) groups excluding carboxylic acids is 1. The molecule has 5 heteroatoms. The largest absolute Gasteiger partial charge is 0.493 e. The molecule has 0 radical (unpaired) electrons. The Morgan fingerprint density at radius 1 is 1.13 bits per heavy atom. The van der Waals surface area contributed by atoms with Crippen molar-refractivity contribution in [1.29, 1.82) is 0 Å². The van der Waals surface area contributed by atoms with Gasteiger partial charge in [-0.15, -0.1) is 0 Å². The second kappa shape index (κ2) is 9.90. The van der Waals surface area contributed by atoms with Crippen LogP contribution in [0, 0.1) is 5.92 Å². The number of amides is 1. The molecule has 1 atom stereocenters. The number of ether oxygens (including phenoxy) is 2. The van der Waals surface area contributed by atoms with Crippen LogP contribution in [0.25, 0.3) is 10.9 Å². The molecule has 164 valence electrons. The van der Waals surface area contributed by atoms with Gasteiger partial charge in [-0.05, 0) is 49.1 Å². The average molecular weight is 421 g/mol. The molecule has 1 aliphatic rings. The molecule has 1 saturated carbocycles. The molecule has 0 bridgehead atoms. The summed E-state index contributed by atoms with van der Waals surface area (Å²) in [4.78, 5) is 16.2. The number of benzene rings is 2. The molecule has 1 amide bonds. The van der Waals surface area contributed by atoms with E-state index in [1.807, 2.05) is 25.1 Å². The normalized spacial score (nSPS) is 15.5. The van der Waals surface area contributed by atoms with Gasteiger partial charge in [0.1, 0.15) is 0 Å². The molecule has 1 unspecified atom stereocenters. The molecule has 4 rings (SSSR count). The number of hydrogen-bond acceptors (Lipinski definition) is 3. The topological polar surface area (TPSA) is 63.3 Å². The van der Waals surface area contributed by atoms with Crippen LogP contribution in [0.2, 0.25) is 0 Å². The molecule has 2 N–H and O–H groups in total. The quantitative estimate of drug-likeness (QED) is 0.513. The lowest BCUT2D eigenvalue weighted by molar-refractivity contribution is -0.125. The number of carbonyl (C=O) groups is 1. The highest BCUT2D eigenvalue weighted by Gasteiger charge is 2.24. The Hall–Kier alpha value is -2.95. The van der Waals surface area contributed by atoms with Crippen molar-refractivity contribution in [3.8, 4) is 11.5 Å². The summed E-state index contributed by atoms with van der Waals surface area (Å²) in [6.45, 7) is 3.09. The molecule has 31 heavy (non-hydrogen) atoms. The summed E-state index contributed by atoms with van der Waals surface area (Å²) in [6, 6.07) is 14.4. The maximum atomic E-state index is 12.9. The summed E-state index contributed by atoms with van der Waals surface area (Å²) < 4.78 is 11.3. The van der Waals surface area contributed by atoms with E-state index in [1.165, 1.54) is 17.4 Å². The van der Waals surface area contributed by atoms with Crippen molar-refractivity contribution in [2.45, 2.75) is 44.9 Å². The number of para-hydroxylation sites is 1. The highest BCUT2D eigenvalue weighted by atomic mass is 16.5. The smallest absolute Gasteiger partial charge is 0.223 e. The van der Waals surface area contributed by atoms with Crippen molar-refractivity contribution in [2.24, 2.45) is 5.92 Å². The number of methoxy groups -OCH3 is 1. The fourth-order valence-corrected chi connectivity index (χ4v) is 4.68. The van der Waals surface area contributed by atoms with Gasteiger partial charge < -0.3 is 19.8 Å². The van der Waals surface area contributed by atoms with E-state index in [2.05, 4.69) is 40.8 Å². The number of nitrogens with one attached hydrogen (secondary N) is 2. The third kappa shape index (κ3) is 4.71. The summed E-state index contributed by atoms with van der Waals surface area (Å²) in [7, 11) is 1.66. The summed E-state index contributed by atoms with van der Waals surface area (Å²) in [5, 5.41) is 4.43. The van der Waals surface area contributed by atoms with E-state index < -0.39 is 0 Å². The Balaban J connectivity index is 1.65. The van der Waals surface area contributed by atoms with Crippen LogP contribution in [0.1, 0.15) is 56.1 Å². The Morgan fingerprint density at radius 2 is 1.94 bits per heavy atom. The summed E-state index contributed by atoms with van der Waals surface area (Å²) >= 11 is 0. The van der Waals surface area contributed by atoms with E-state index in [9.17, 15) is 4.79 Å². The van der Waals surface area contributed by atoms with Gasteiger partial charge >= 0.3 is 0 Å². The minimum atomic E-state index is 0.00765. The van der Waals surface area contributed by atoms with E-state index in [0.717, 1.165) is 42.5 Å². The maximum absolute atomic E-state index is 12.9. The first-order chi connectivity index (χ1) is 15.2. The highest BCUT2D eigenvalue weighted by molar-refractivity contribution is 5.84. The first kappa shape index (κ1) is 21.3. The lowest BCUT2D eigenvalue weighted by Gasteiger charge is -2.24. The molecular formula is C26H32N2O3. The van der Waals surface area contributed by atoms with Crippen LogP contribution in [-0.2, 0) is 4.79 Å². The van der Waals surface area contributed by atoms with Crippen LogP contribution in [-0.4, -0.2) is 31.2 Å². The monoisotopic (exact) mass is 420 g/mol. The van der Waals surface area contributed by atoms with Gasteiger partial charge in [0.15, 0.2) is 11.5 Å². The second-order valence-electron chi connectivity index (χ2n) is 8.27. The number of aromatic nitrogens is 1. The third-order valence-electron chi connectivity index (χ3n) is 6.34. The van der Waals surface area contributed by atoms with Crippen LogP contribution in [0.4, 0.5) is 0 Å². The highest BCUT2D eigenvalue weighted by Crippen LogP contribution is 2.36. The summed E-state index contributed by atoms with van der Waals surface area (Å²) in [5.74, 6) is 1.78. The molecule has 1 aromatic heterocycles. The Kier molecular flexibility index (Phi) is 6.80. The number of H-pyrrole nitrogens is 1. The zero-order chi connectivity index (χ0) is 21.6. The molecule has 2 aromatic carbocycles. The standard InChI is InChI=1S/C26H32N2O3/c1-3-31-24-14-13-19(15-25(24)30-2)21(16-28-26(29)18-9-5-4-6-10-18)22-17-27-23-12-8-7-11-20(22)23/h7-8,11-15,17-18,21,27H,3-6,9-10,16H2,1-2H3,(H,28,29). The second-order valence-corrected chi connectivity index (χ2v) is 8.27. The molecular weight excluding hydrogens is 388 g/mol. The van der Waals surface area contributed by atoms with Gasteiger partial charge in [-0.1, -0.05) is 43.5 Å². The first-order valence-electron chi connectivity index (χ1n) is 11.4. The van der Waals surface area contributed by atoms with Crippen LogP contribution in [0.15, 0.2) is 48.7 Å². The van der Waals surface area contributed by atoms with E-state index in [-0.39, 0.29) is 17.7 Å². The third-order valence-corrected chi connectivity index (χ3v) is 6.34. The van der Waals surface area contributed by atoms with Crippen molar-refractivity contribution in [1.82, 2.24) is 10.3 Å². The Bertz CT molecular complexity index is 1020. The molecule has 5 nitrogen and oxygen atoms in total. The molecule has 0 spiro atoms. The molecule has 1 heterocycles. The fourth-order valence-electron chi connectivity index (χ4n) is 4.68. The van der Waals surface area contributed by atoms with Gasteiger partial charge in [0.05, 0.1) is 13.7 Å². The van der Waals surface area contributed by atoms with Gasteiger partial charge in [0.2, 0.25) is 5.91 Å².